The molecule has 0 spiro atoms. The van der Waals surface area contributed by atoms with Crippen molar-refractivity contribution in [3.05, 3.63) is 54.2 Å². The Morgan fingerprint density at radius 1 is 1.05 bits per heavy atom. The number of hydrogen-bond acceptors (Lipinski definition) is 3. The average Bonchev–Trinajstić information content (AvgIpc) is 2.45. The second kappa shape index (κ2) is 6.20. The molecule has 0 N–H and O–H groups in total. The van der Waals surface area contributed by atoms with Gasteiger partial charge in [0.05, 0.1) is 11.4 Å². The van der Waals surface area contributed by atoms with Gasteiger partial charge in [-0.2, -0.15) is 0 Å². The first-order valence-corrected chi connectivity index (χ1v) is 7.56. The van der Waals surface area contributed by atoms with E-state index in [1.807, 2.05) is 69.3 Å². The molecule has 20 heavy (non-hydrogen) atoms. The van der Waals surface area contributed by atoms with Crippen LogP contribution in [0.4, 0.5) is 0 Å². The summed E-state index contributed by atoms with van der Waals surface area (Å²) in [6, 6.07) is 15.7. The number of pyridine rings is 1. The predicted octanol–water partition coefficient (Wildman–Crippen LogP) is 3.63. The van der Waals surface area contributed by atoms with Gasteiger partial charge in [0, 0.05) is 5.56 Å². The Bertz CT molecular complexity index is 591. The minimum absolute atomic E-state index is 0.354. The molecule has 0 bridgehead atoms. The average molecular weight is 286 g/mol. The molecule has 104 valence electrons. The van der Waals surface area contributed by atoms with Gasteiger partial charge < -0.3 is 4.55 Å². The van der Waals surface area contributed by atoms with Crippen LogP contribution in [0.2, 0.25) is 0 Å². The Labute approximate surface area is 123 Å². The summed E-state index contributed by atoms with van der Waals surface area (Å²) >= 11 is -1.26. The van der Waals surface area contributed by atoms with Crippen molar-refractivity contribution in [2.75, 3.05) is 0 Å². The van der Waals surface area contributed by atoms with Crippen molar-refractivity contribution in [2.45, 2.75) is 25.5 Å². The summed E-state index contributed by atoms with van der Waals surface area (Å²) in [4.78, 5) is 4.51. The molecule has 0 radical (unpaired) electrons. The molecular weight excluding hydrogens is 268 g/mol. The Morgan fingerprint density at radius 2 is 1.75 bits per heavy atom. The normalized spacial score (nSPS) is 13.6. The lowest BCUT2D eigenvalue weighted by Gasteiger charge is -2.17. The molecule has 1 atom stereocenters. The maximum Gasteiger partial charge on any atom is 0.144 e. The van der Waals surface area contributed by atoms with Gasteiger partial charge in [0.2, 0.25) is 0 Å². The monoisotopic (exact) mass is 286 g/mol. The van der Waals surface area contributed by atoms with Gasteiger partial charge >= 0.3 is 0 Å². The van der Waals surface area contributed by atoms with Crippen molar-refractivity contribution in [2.24, 2.45) is 4.40 Å². The second-order valence-electron chi connectivity index (χ2n) is 5.41. The van der Waals surface area contributed by atoms with Crippen LogP contribution in [0, 0.1) is 0 Å². The van der Waals surface area contributed by atoms with E-state index in [-0.39, 0.29) is 4.75 Å². The third-order valence-electron chi connectivity index (χ3n) is 2.64. The van der Waals surface area contributed by atoms with Crippen molar-refractivity contribution in [1.82, 2.24) is 4.98 Å². The smallest absolute Gasteiger partial charge is 0.144 e. The number of rotatable bonds is 3. The number of nitrogens with zero attached hydrogens (tertiary/aromatic N) is 2. The summed E-state index contributed by atoms with van der Waals surface area (Å²) < 4.78 is 15.6. The van der Waals surface area contributed by atoms with Crippen molar-refractivity contribution in [1.29, 1.82) is 0 Å². The van der Waals surface area contributed by atoms with Gasteiger partial charge in [-0.05, 0) is 32.9 Å². The Kier molecular flexibility index (Phi) is 4.57. The van der Waals surface area contributed by atoms with Crippen LogP contribution < -0.4 is 0 Å². The zero-order valence-corrected chi connectivity index (χ0v) is 12.7. The summed E-state index contributed by atoms with van der Waals surface area (Å²) in [5.41, 5.74) is 2.65. The quantitative estimate of drug-likeness (QED) is 0.639. The van der Waals surface area contributed by atoms with Gasteiger partial charge in [-0.1, -0.05) is 40.8 Å². The standard InChI is InChI=1S/C16H18N2OS/c1-16(2,3)20(19)17-12-14-10-7-11-15(18-14)13-8-5-4-6-9-13/h4-12H,1-3H3/b17-12+. The highest BCUT2D eigenvalue weighted by Gasteiger charge is 2.25. The lowest BCUT2D eigenvalue weighted by molar-refractivity contribution is 0.562. The van der Waals surface area contributed by atoms with Crippen LogP contribution in [0.15, 0.2) is 52.9 Å². The first-order valence-electron chi connectivity index (χ1n) is 6.45. The fourth-order valence-corrected chi connectivity index (χ4v) is 2.07. The van der Waals surface area contributed by atoms with Gasteiger partial charge in [-0.3, -0.25) is 0 Å². The third kappa shape index (κ3) is 3.92. The lowest BCUT2D eigenvalue weighted by atomic mass is 10.1. The van der Waals surface area contributed by atoms with Gasteiger partial charge in [-0.15, -0.1) is 0 Å². The van der Waals surface area contributed by atoms with E-state index in [0.717, 1.165) is 11.3 Å². The van der Waals surface area contributed by atoms with E-state index in [1.54, 1.807) is 6.21 Å². The zero-order chi connectivity index (χ0) is 14.6. The molecule has 1 aromatic heterocycles. The first kappa shape index (κ1) is 14.8. The zero-order valence-electron chi connectivity index (χ0n) is 11.9. The number of hydrogen-bond donors (Lipinski definition) is 0. The SMILES string of the molecule is CC(C)(C)[S+]([O-])/N=C/c1cccc(-c2ccccc2)n1. The molecule has 0 fully saturated rings. The Morgan fingerprint density at radius 3 is 2.40 bits per heavy atom. The van der Waals surface area contributed by atoms with Crippen LogP contribution in [0.1, 0.15) is 26.5 Å². The fourth-order valence-electron chi connectivity index (χ4n) is 1.55. The summed E-state index contributed by atoms with van der Waals surface area (Å²) in [5, 5.41) is 0. The van der Waals surface area contributed by atoms with Crippen LogP contribution in [-0.2, 0) is 11.4 Å². The Hall–Kier alpha value is -1.65. The third-order valence-corrected chi connectivity index (χ3v) is 3.99. The van der Waals surface area contributed by atoms with Crippen LogP contribution in [0.3, 0.4) is 0 Å². The van der Waals surface area contributed by atoms with Crippen molar-refractivity contribution >= 4 is 17.6 Å². The van der Waals surface area contributed by atoms with E-state index in [2.05, 4.69) is 9.38 Å². The molecule has 1 aromatic carbocycles. The highest BCUT2D eigenvalue weighted by molar-refractivity contribution is 7.91. The number of aromatic nitrogens is 1. The second-order valence-corrected chi connectivity index (χ2v) is 7.34. The van der Waals surface area contributed by atoms with E-state index in [4.69, 9.17) is 0 Å². The fraction of sp³-hybridized carbons (Fsp3) is 0.250. The van der Waals surface area contributed by atoms with E-state index in [9.17, 15) is 4.55 Å². The molecule has 2 rings (SSSR count). The van der Waals surface area contributed by atoms with Gasteiger partial charge in [0.1, 0.15) is 22.3 Å². The first-order chi connectivity index (χ1) is 9.47. The summed E-state index contributed by atoms with van der Waals surface area (Å²) in [5.74, 6) is 0. The highest BCUT2D eigenvalue weighted by atomic mass is 32.2. The van der Waals surface area contributed by atoms with Gasteiger partial charge in [-0.25, -0.2) is 4.98 Å². The van der Waals surface area contributed by atoms with Crippen LogP contribution >= 0.6 is 0 Å². The molecule has 0 amide bonds. The van der Waals surface area contributed by atoms with Crippen LogP contribution in [0.5, 0.6) is 0 Å². The largest absolute Gasteiger partial charge is 0.591 e. The molecule has 1 heterocycles. The highest BCUT2D eigenvalue weighted by Crippen LogP contribution is 2.18. The predicted molar refractivity (Wildman–Crippen MR) is 85.2 cm³/mol. The van der Waals surface area contributed by atoms with E-state index < -0.39 is 11.4 Å². The molecule has 0 aliphatic carbocycles. The lowest BCUT2D eigenvalue weighted by Crippen LogP contribution is -2.25. The maximum absolute atomic E-state index is 11.9. The minimum Gasteiger partial charge on any atom is -0.591 e. The molecular formula is C16H18N2OS. The van der Waals surface area contributed by atoms with Gasteiger partial charge in [0.15, 0.2) is 0 Å². The summed E-state index contributed by atoms with van der Waals surface area (Å²) in [6.45, 7) is 5.69. The topological polar surface area (TPSA) is 48.3 Å². The van der Waals surface area contributed by atoms with Crippen molar-refractivity contribution in [3.8, 4) is 11.3 Å². The number of benzene rings is 1. The molecule has 0 aliphatic rings. The summed E-state index contributed by atoms with van der Waals surface area (Å²) in [6.07, 6.45) is 1.58. The molecule has 2 aromatic rings. The maximum atomic E-state index is 11.9. The molecule has 0 aliphatic heterocycles. The molecule has 4 heteroatoms. The molecule has 1 unspecified atom stereocenters. The van der Waals surface area contributed by atoms with Crippen LogP contribution in [0.25, 0.3) is 11.3 Å². The van der Waals surface area contributed by atoms with E-state index in [1.165, 1.54) is 0 Å². The van der Waals surface area contributed by atoms with Crippen molar-refractivity contribution in [3.63, 3.8) is 0 Å². The van der Waals surface area contributed by atoms with E-state index >= 15 is 0 Å². The molecule has 0 saturated carbocycles. The van der Waals surface area contributed by atoms with Crippen LogP contribution in [-0.4, -0.2) is 20.5 Å². The van der Waals surface area contributed by atoms with E-state index in [0.29, 0.717) is 5.69 Å². The minimum atomic E-state index is -1.26. The van der Waals surface area contributed by atoms with Gasteiger partial charge in [0.25, 0.3) is 0 Å². The summed E-state index contributed by atoms with van der Waals surface area (Å²) in [7, 11) is 0. The Balaban J connectivity index is 2.21. The molecule has 3 nitrogen and oxygen atoms in total. The van der Waals surface area contributed by atoms with Crippen molar-refractivity contribution < 1.29 is 4.55 Å². The molecule has 0 saturated heterocycles.